The molecule has 122 valence electrons. The molecule has 0 aliphatic rings. The van der Waals surface area contributed by atoms with E-state index in [9.17, 15) is 13.0 Å². The van der Waals surface area contributed by atoms with Crippen LogP contribution in [-0.4, -0.2) is 32.8 Å². The zero-order chi connectivity index (χ0) is 17.1. The molecule has 1 aromatic rings. The number of nitrogens with one attached hydrogen (secondary N) is 1. The first-order valence-electron chi connectivity index (χ1n) is 6.67. The molecule has 1 atom stereocenters. The summed E-state index contributed by atoms with van der Waals surface area (Å²) in [6.45, 7) is 9.44. The summed E-state index contributed by atoms with van der Waals surface area (Å²) in [5, 5.41) is 3.12. The molecule has 2 N–H and O–H groups in total. The van der Waals surface area contributed by atoms with E-state index in [1.54, 1.807) is 20.0 Å². The van der Waals surface area contributed by atoms with Crippen LogP contribution in [-0.2, 0) is 10.1 Å². The Bertz CT molecular complexity index is 708. The van der Waals surface area contributed by atoms with Crippen LogP contribution in [0.3, 0.4) is 0 Å². The summed E-state index contributed by atoms with van der Waals surface area (Å²) in [5.74, 6) is 0.314. The maximum absolute atomic E-state index is 11.3. The first-order chi connectivity index (χ1) is 10.1. The van der Waals surface area contributed by atoms with Gasteiger partial charge in [-0.25, -0.2) is 0 Å². The molecule has 0 bridgehead atoms. The number of hydrogen-bond acceptors (Lipinski definition) is 5. The first-order valence-corrected chi connectivity index (χ1v) is 8.11. The van der Waals surface area contributed by atoms with Gasteiger partial charge in [-0.05, 0) is 25.5 Å². The minimum absolute atomic E-state index is 0.0104. The van der Waals surface area contributed by atoms with E-state index in [2.05, 4.69) is 16.9 Å². The van der Waals surface area contributed by atoms with E-state index in [-0.39, 0.29) is 10.8 Å². The number of ether oxygens (including phenoxy) is 1. The van der Waals surface area contributed by atoms with Gasteiger partial charge in [-0.1, -0.05) is 13.5 Å². The van der Waals surface area contributed by atoms with Gasteiger partial charge in [0.1, 0.15) is 10.6 Å². The molecule has 6 nitrogen and oxygen atoms in total. The molecule has 0 saturated carbocycles. The lowest BCUT2D eigenvalue weighted by molar-refractivity contribution is 0.414. The molecule has 1 rings (SSSR count). The molecule has 0 spiro atoms. The maximum Gasteiger partial charge on any atom is 0.294 e. The minimum atomic E-state index is -4.29. The fourth-order valence-corrected chi connectivity index (χ4v) is 2.66. The number of methoxy groups -OCH3 is 1. The number of anilines is 1. The predicted molar refractivity (Wildman–Crippen MR) is 88.5 cm³/mol. The van der Waals surface area contributed by atoms with Gasteiger partial charge in [-0.3, -0.25) is 9.55 Å². The second-order valence-electron chi connectivity index (χ2n) is 5.03. The second-order valence-corrected chi connectivity index (χ2v) is 6.42. The average molecular weight is 326 g/mol. The van der Waals surface area contributed by atoms with E-state index >= 15 is 0 Å². The van der Waals surface area contributed by atoms with Crippen LogP contribution >= 0.6 is 0 Å². The molecule has 1 aromatic carbocycles. The van der Waals surface area contributed by atoms with Crippen molar-refractivity contribution in [1.82, 2.24) is 0 Å². The van der Waals surface area contributed by atoms with Crippen molar-refractivity contribution in [2.24, 2.45) is 10.9 Å². The largest absolute Gasteiger partial charge is 0.495 e. The van der Waals surface area contributed by atoms with Gasteiger partial charge in [0.25, 0.3) is 10.1 Å². The van der Waals surface area contributed by atoms with E-state index < -0.39 is 10.1 Å². The van der Waals surface area contributed by atoms with Crippen LogP contribution in [0.15, 0.2) is 34.3 Å². The van der Waals surface area contributed by atoms with Crippen molar-refractivity contribution in [2.45, 2.75) is 25.7 Å². The Labute approximate surface area is 131 Å². The first kappa shape index (κ1) is 18.2. The smallest absolute Gasteiger partial charge is 0.294 e. The van der Waals surface area contributed by atoms with E-state index in [0.717, 1.165) is 5.71 Å². The van der Waals surface area contributed by atoms with E-state index in [1.807, 2.05) is 13.8 Å². The highest BCUT2D eigenvalue weighted by molar-refractivity contribution is 7.85. The Kier molecular flexibility index (Phi) is 5.73. The summed E-state index contributed by atoms with van der Waals surface area (Å²) in [6.07, 6.45) is 0. The van der Waals surface area contributed by atoms with Gasteiger partial charge in [0.2, 0.25) is 0 Å². The maximum atomic E-state index is 11.3. The fourth-order valence-electron chi connectivity index (χ4n) is 1.94. The number of hydrogen-bond donors (Lipinski definition) is 2. The molecule has 0 radical (unpaired) electrons. The molecule has 1 unspecified atom stereocenters. The second kappa shape index (κ2) is 6.93. The molecule has 0 aliphatic carbocycles. The van der Waals surface area contributed by atoms with Crippen LogP contribution in [0.2, 0.25) is 0 Å². The fraction of sp³-hybridized carbons (Fsp3) is 0.400. The van der Waals surface area contributed by atoms with Crippen molar-refractivity contribution in [2.75, 3.05) is 19.5 Å². The Morgan fingerprint density at radius 3 is 2.50 bits per heavy atom. The number of aryl methyl sites for hydroxylation is 1. The monoisotopic (exact) mass is 326 g/mol. The molecular weight excluding hydrogens is 304 g/mol. The highest BCUT2D eigenvalue weighted by Crippen LogP contribution is 2.32. The average Bonchev–Trinajstić information content (AvgIpc) is 2.44. The van der Waals surface area contributed by atoms with Crippen molar-refractivity contribution in [1.29, 1.82) is 0 Å². The highest BCUT2D eigenvalue weighted by Gasteiger charge is 2.18. The zero-order valence-electron chi connectivity index (χ0n) is 13.5. The van der Waals surface area contributed by atoms with Crippen LogP contribution in [0, 0.1) is 12.8 Å². The third kappa shape index (κ3) is 4.08. The third-order valence-corrected chi connectivity index (χ3v) is 4.57. The van der Waals surface area contributed by atoms with Crippen LogP contribution < -0.4 is 10.1 Å². The molecule has 0 aromatic heterocycles. The van der Waals surface area contributed by atoms with Gasteiger partial charge in [0.05, 0.1) is 12.8 Å². The SMILES string of the molecule is C=C(Nc1cc(C)c(S(=O)(=O)O)cc1OC)C(C)C(C)=NC. The van der Waals surface area contributed by atoms with Crippen molar-refractivity contribution >= 4 is 21.5 Å². The predicted octanol–water partition coefficient (Wildman–Crippen LogP) is 2.90. The Morgan fingerprint density at radius 1 is 1.45 bits per heavy atom. The molecule has 0 heterocycles. The highest BCUT2D eigenvalue weighted by atomic mass is 32.2. The molecule has 0 amide bonds. The van der Waals surface area contributed by atoms with Crippen molar-refractivity contribution < 1.29 is 17.7 Å². The summed E-state index contributed by atoms with van der Waals surface area (Å²) >= 11 is 0. The van der Waals surface area contributed by atoms with Crippen LogP contribution in [0.25, 0.3) is 0 Å². The van der Waals surface area contributed by atoms with E-state index in [1.165, 1.54) is 13.2 Å². The zero-order valence-corrected chi connectivity index (χ0v) is 14.3. The van der Waals surface area contributed by atoms with Crippen LogP contribution in [0.4, 0.5) is 5.69 Å². The van der Waals surface area contributed by atoms with Gasteiger partial charge < -0.3 is 10.1 Å². The normalized spacial score (nSPS) is 13.6. The minimum Gasteiger partial charge on any atom is -0.495 e. The number of benzene rings is 1. The lowest BCUT2D eigenvalue weighted by Crippen LogP contribution is -2.16. The summed E-state index contributed by atoms with van der Waals surface area (Å²) < 4.78 is 37.1. The summed E-state index contributed by atoms with van der Waals surface area (Å²) in [5.41, 5.74) is 2.61. The van der Waals surface area contributed by atoms with Gasteiger partial charge in [-0.15, -0.1) is 0 Å². The Morgan fingerprint density at radius 2 is 2.05 bits per heavy atom. The Balaban J connectivity index is 3.22. The molecule has 0 saturated heterocycles. The number of nitrogens with zero attached hydrogens (tertiary/aromatic N) is 1. The van der Waals surface area contributed by atoms with Gasteiger partial charge in [0.15, 0.2) is 0 Å². The molecule has 22 heavy (non-hydrogen) atoms. The molecule has 7 heteroatoms. The lowest BCUT2D eigenvalue weighted by atomic mass is 10.0. The quantitative estimate of drug-likeness (QED) is 0.620. The van der Waals surface area contributed by atoms with Crippen LogP contribution in [0.5, 0.6) is 5.75 Å². The molecular formula is C15H22N2O4S. The Hall–Kier alpha value is -1.86. The van der Waals surface area contributed by atoms with Crippen LogP contribution in [0.1, 0.15) is 19.4 Å². The topological polar surface area (TPSA) is 88.0 Å². The number of aliphatic imine (C=N–C) groups is 1. The number of rotatable bonds is 6. The molecule has 0 aliphatic heterocycles. The van der Waals surface area contributed by atoms with Crippen molar-refractivity contribution in [3.05, 3.63) is 30.0 Å². The summed E-state index contributed by atoms with van der Waals surface area (Å²) in [7, 11) is -1.16. The third-order valence-electron chi connectivity index (χ3n) is 3.57. The van der Waals surface area contributed by atoms with Gasteiger partial charge >= 0.3 is 0 Å². The van der Waals surface area contributed by atoms with E-state index in [0.29, 0.717) is 22.7 Å². The van der Waals surface area contributed by atoms with E-state index in [4.69, 9.17) is 4.74 Å². The standard InChI is InChI=1S/C15H22N2O4S/c1-9-7-13(17-12(4)10(2)11(3)16-5)14(21-6)8-15(9)22(18,19)20/h7-8,10,17H,4H2,1-3,5-6H3,(H,18,19,20). The lowest BCUT2D eigenvalue weighted by Gasteiger charge is -2.19. The number of allylic oxidation sites excluding steroid dienone is 1. The summed E-state index contributed by atoms with van der Waals surface area (Å²) in [6, 6.07) is 2.88. The summed E-state index contributed by atoms with van der Waals surface area (Å²) in [4.78, 5) is 3.95. The van der Waals surface area contributed by atoms with Gasteiger partial charge in [0, 0.05) is 30.4 Å². The van der Waals surface area contributed by atoms with Gasteiger partial charge in [-0.2, -0.15) is 8.42 Å². The van der Waals surface area contributed by atoms with Crippen molar-refractivity contribution in [3.63, 3.8) is 0 Å². The molecule has 0 fully saturated rings. The van der Waals surface area contributed by atoms with Crippen molar-refractivity contribution in [3.8, 4) is 5.75 Å².